The van der Waals surface area contributed by atoms with Gasteiger partial charge in [0.2, 0.25) is 0 Å². The molecule has 84 valence electrons. The van der Waals surface area contributed by atoms with E-state index in [0.717, 1.165) is 19.0 Å². The fourth-order valence-electron chi connectivity index (χ4n) is 2.52. The van der Waals surface area contributed by atoms with Crippen molar-refractivity contribution in [2.75, 3.05) is 20.2 Å². The predicted octanol–water partition coefficient (Wildman–Crippen LogP) is 2.58. The molecule has 1 N–H and O–H groups in total. The highest BCUT2D eigenvalue weighted by molar-refractivity contribution is 4.88. The standard InChI is InChI=1S/C12H25NO/c1-4-8-13-10-12(14-3)7-5-6-11(2)9-12/h11,13H,4-10H2,1-3H3. The lowest BCUT2D eigenvalue weighted by Crippen LogP contribution is -2.45. The summed E-state index contributed by atoms with van der Waals surface area (Å²) in [4.78, 5) is 0. The van der Waals surface area contributed by atoms with Crippen molar-refractivity contribution in [1.82, 2.24) is 5.32 Å². The van der Waals surface area contributed by atoms with Gasteiger partial charge in [0.05, 0.1) is 5.60 Å². The zero-order valence-corrected chi connectivity index (χ0v) is 9.94. The van der Waals surface area contributed by atoms with Crippen molar-refractivity contribution in [2.24, 2.45) is 5.92 Å². The van der Waals surface area contributed by atoms with Gasteiger partial charge in [0.15, 0.2) is 0 Å². The molecule has 1 aliphatic rings. The molecule has 1 fully saturated rings. The summed E-state index contributed by atoms with van der Waals surface area (Å²) in [6.45, 7) is 6.68. The Hall–Kier alpha value is -0.0800. The highest BCUT2D eigenvalue weighted by Gasteiger charge is 2.34. The van der Waals surface area contributed by atoms with Crippen molar-refractivity contribution >= 4 is 0 Å². The summed E-state index contributed by atoms with van der Waals surface area (Å²) in [6, 6.07) is 0. The van der Waals surface area contributed by atoms with Crippen molar-refractivity contribution in [2.45, 2.75) is 51.6 Å². The summed E-state index contributed by atoms with van der Waals surface area (Å²) in [5.74, 6) is 0.826. The molecule has 1 saturated carbocycles. The molecule has 2 atom stereocenters. The van der Waals surface area contributed by atoms with E-state index in [-0.39, 0.29) is 5.60 Å². The number of nitrogens with one attached hydrogen (secondary N) is 1. The third-order valence-corrected chi connectivity index (χ3v) is 3.36. The van der Waals surface area contributed by atoms with Gasteiger partial charge in [-0.1, -0.05) is 26.7 Å². The number of ether oxygens (including phenoxy) is 1. The third-order valence-electron chi connectivity index (χ3n) is 3.36. The minimum atomic E-state index is 0.132. The van der Waals surface area contributed by atoms with E-state index in [9.17, 15) is 0 Å². The SMILES string of the molecule is CCCNCC1(OC)CCCC(C)C1. The summed E-state index contributed by atoms with van der Waals surface area (Å²) in [5.41, 5.74) is 0.132. The van der Waals surface area contributed by atoms with Gasteiger partial charge in [-0.05, 0) is 31.7 Å². The minimum absolute atomic E-state index is 0.132. The van der Waals surface area contributed by atoms with Crippen molar-refractivity contribution in [1.29, 1.82) is 0 Å². The number of rotatable bonds is 5. The van der Waals surface area contributed by atoms with E-state index in [1.807, 2.05) is 7.11 Å². The number of methoxy groups -OCH3 is 1. The molecule has 0 aromatic heterocycles. The van der Waals surface area contributed by atoms with E-state index < -0.39 is 0 Å². The molecule has 2 nitrogen and oxygen atoms in total. The Morgan fingerprint density at radius 3 is 2.86 bits per heavy atom. The summed E-state index contributed by atoms with van der Waals surface area (Å²) in [6.07, 6.45) is 6.35. The average Bonchev–Trinajstić information content (AvgIpc) is 2.18. The molecule has 2 heteroatoms. The maximum absolute atomic E-state index is 5.73. The molecule has 1 aliphatic carbocycles. The fourth-order valence-corrected chi connectivity index (χ4v) is 2.52. The van der Waals surface area contributed by atoms with E-state index in [4.69, 9.17) is 4.74 Å². The highest BCUT2D eigenvalue weighted by atomic mass is 16.5. The maximum atomic E-state index is 5.73. The van der Waals surface area contributed by atoms with Crippen molar-refractivity contribution in [3.8, 4) is 0 Å². The Morgan fingerprint density at radius 2 is 2.29 bits per heavy atom. The lowest BCUT2D eigenvalue weighted by atomic mass is 9.78. The average molecular weight is 199 g/mol. The first-order valence-corrected chi connectivity index (χ1v) is 5.98. The van der Waals surface area contributed by atoms with E-state index in [2.05, 4.69) is 19.2 Å². The second-order valence-electron chi connectivity index (χ2n) is 4.77. The zero-order valence-electron chi connectivity index (χ0n) is 9.94. The third kappa shape index (κ3) is 3.25. The smallest absolute Gasteiger partial charge is 0.0805 e. The molecule has 0 saturated heterocycles. The molecule has 0 aliphatic heterocycles. The summed E-state index contributed by atoms with van der Waals surface area (Å²) < 4.78 is 5.73. The topological polar surface area (TPSA) is 21.3 Å². The minimum Gasteiger partial charge on any atom is -0.377 e. The van der Waals surface area contributed by atoms with Crippen LogP contribution in [0.5, 0.6) is 0 Å². The maximum Gasteiger partial charge on any atom is 0.0805 e. The van der Waals surface area contributed by atoms with Crippen LogP contribution in [0.1, 0.15) is 46.0 Å². The molecule has 0 heterocycles. The van der Waals surface area contributed by atoms with Crippen LogP contribution < -0.4 is 5.32 Å². The zero-order chi connectivity index (χ0) is 10.4. The Bertz CT molecular complexity index is 160. The van der Waals surface area contributed by atoms with Crippen LogP contribution in [-0.4, -0.2) is 25.8 Å². The van der Waals surface area contributed by atoms with E-state index >= 15 is 0 Å². The van der Waals surface area contributed by atoms with Gasteiger partial charge in [0.25, 0.3) is 0 Å². The molecule has 0 spiro atoms. The Kier molecular flexibility index (Phi) is 4.90. The summed E-state index contributed by atoms with van der Waals surface area (Å²) in [7, 11) is 1.87. The summed E-state index contributed by atoms with van der Waals surface area (Å²) in [5, 5.41) is 3.49. The monoisotopic (exact) mass is 199 g/mol. The second-order valence-corrected chi connectivity index (χ2v) is 4.77. The second kappa shape index (κ2) is 5.72. The fraction of sp³-hybridized carbons (Fsp3) is 1.00. The van der Waals surface area contributed by atoms with E-state index in [1.54, 1.807) is 0 Å². The molecule has 0 bridgehead atoms. The normalized spacial score (nSPS) is 33.2. The van der Waals surface area contributed by atoms with Crippen molar-refractivity contribution in [3.63, 3.8) is 0 Å². The molecule has 1 rings (SSSR count). The van der Waals surface area contributed by atoms with Crippen LogP contribution in [-0.2, 0) is 4.74 Å². The lowest BCUT2D eigenvalue weighted by Gasteiger charge is -2.39. The Balaban J connectivity index is 2.39. The molecule has 0 aromatic carbocycles. The highest BCUT2D eigenvalue weighted by Crippen LogP contribution is 2.34. The molecular weight excluding hydrogens is 174 g/mol. The van der Waals surface area contributed by atoms with Crippen molar-refractivity contribution in [3.05, 3.63) is 0 Å². The molecule has 0 radical (unpaired) electrons. The van der Waals surface area contributed by atoms with Crippen LogP contribution in [0.4, 0.5) is 0 Å². The molecular formula is C12H25NO. The van der Waals surface area contributed by atoms with Crippen LogP contribution in [0, 0.1) is 5.92 Å². The van der Waals surface area contributed by atoms with E-state index in [1.165, 1.54) is 32.1 Å². The predicted molar refractivity (Wildman–Crippen MR) is 60.5 cm³/mol. The van der Waals surface area contributed by atoms with Gasteiger partial charge in [-0.3, -0.25) is 0 Å². The Morgan fingerprint density at radius 1 is 1.50 bits per heavy atom. The van der Waals surface area contributed by atoms with Gasteiger partial charge in [-0.15, -0.1) is 0 Å². The molecule has 2 unspecified atom stereocenters. The Labute approximate surface area is 88.4 Å². The first-order valence-electron chi connectivity index (χ1n) is 5.98. The van der Waals surface area contributed by atoms with Crippen molar-refractivity contribution < 1.29 is 4.74 Å². The number of hydrogen-bond donors (Lipinski definition) is 1. The van der Waals surface area contributed by atoms with Gasteiger partial charge in [-0.2, -0.15) is 0 Å². The van der Waals surface area contributed by atoms with Crippen LogP contribution in [0.25, 0.3) is 0 Å². The van der Waals surface area contributed by atoms with Crippen LogP contribution >= 0.6 is 0 Å². The number of hydrogen-bond acceptors (Lipinski definition) is 2. The van der Waals surface area contributed by atoms with Gasteiger partial charge in [-0.25, -0.2) is 0 Å². The molecule has 0 amide bonds. The molecule has 14 heavy (non-hydrogen) atoms. The quantitative estimate of drug-likeness (QED) is 0.687. The van der Waals surface area contributed by atoms with Crippen LogP contribution in [0.3, 0.4) is 0 Å². The lowest BCUT2D eigenvalue weighted by molar-refractivity contribution is -0.0504. The van der Waals surface area contributed by atoms with Gasteiger partial charge in [0.1, 0.15) is 0 Å². The van der Waals surface area contributed by atoms with Gasteiger partial charge < -0.3 is 10.1 Å². The van der Waals surface area contributed by atoms with E-state index in [0.29, 0.717) is 0 Å². The summed E-state index contributed by atoms with van der Waals surface area (Å²) >= 11 is 0. The first-order chi connectivity index (χ1) is 6.72. The molecule has 0 aromatic rings. The van der Waals surface area contributed by atoms with Crippen LogP contribution in [0.15, 0.2) is 0 Å². The van der Waals surface area contributed by atoms with Gasteiger partial charge in [0, 0.05) is 13.7 Å². The largest absolute Gasteiger partial charge is 0.377 e. The van der Waals surface area contributed by atoms with Crippen LogP contribution in [0.2, 0.25) is 0 Å². The first kappa shape index (κ1) is 12.0. The van der Waals surface area contributed by atoms with Gasteiger partial charge >= 0.3 is 0 Å².